The second-order valence-corrected chi connectivity index (χ2v) is 3.67. The van der Waals surface area contributed by atoms with Gasteiger partial charge in [0.05, 0.1) is 11.1 Å². The van der Waals surface area contributed by atoms with E-state index in [9.17, 15) is 14.3 Å². The van der Waals surface area contributed by atoms with Crippen molar-refractivity contribution < 1.29 is 19.0 Å². The zero-order chi connectivity index (χ0) is 12.1. The van der Waals surface area contributed by atoms with Gasteiger partial charge in [-0.2, -0.15) is 0 Å². The Morgan fingerprint density at radius 2 is 2.31 bits per heavy atom. The van der Waals surface area contributed by atoms with Gasteiger partial charge in [-0.05, 0) is 41.1 Å². The van der Waals surface area contributed by atoms with Crippen molar-refractivity contribution in [3.8, 4) is 5.75 Å². The van der Waals surface area contributed by atoms with E-state index in [4.69, 9.17) is 0 Å². The fourth-order valence-corrected chi connectivity index (χ4v) is 1.52. The largest absolute Gasteiger partial charge is 0.507 e. The van der Waals surface area contributed by atoms with Crippen LogP contribution in [0.4, 0.5) is 4.39 Å². The van der Waals surface area contributed by atoms with Crippen molar-refractivity contribution in [3.05, 3.63) is 34.1 Å². The zero-order valence-corrected chi connectivity index (χ0v) is 10.1. The van der Waals surface area contributed by atoms with E-state index in [0.29, 0.717) is 0 Å². The van der Waals surface area contributed by atoms with Crippen LogP contribution in [0.1, 0.15) is 12.5 Å². The van der Waals surface area contributed by atoms with Crippen molar-refractivity contribution >= 4 is 28.0 Å². The summed E-state index contributed by atoms with van der Waals surface area (Å²) in [7, 11) is 0. The summed E-state index contributed by atoms with van der Waals surface area (Å²) in [6.07, 6.45) is 2.42. The molecule has 0 aromatic heterocycles. The normalized spacial score (nSPS) is 10.7. The van der Waals surface area contributed by atoms with Gasteiger partial charge in [0.2, 0.25) is 0 Å². The third kappa shape index (κ3) is 3.06. The molecular weight excluding hydrogens is 279 g/mol. The number of aromatic hydroxyl groups is 1. The smallest absolute Gasteiger partial charge is 0.330 e. The molecule has 0 fully saturated rings. The summed E-state index contributed by atoms with van der Waals surface area (Å²) in [5, 5.41) is 9.46. The molecule has 0 aliphatic rings. The van der Waals surface area contributed by atoms with E-state index in [1.807, 2.05) is 0 Å². The summed E-state index contributed by atoms with van der Waals surface area (Å²) in [5.41, 5.74) is 0.202. The summed E-state index contributed by atoms with van der Waals surface area (Å²) in [4.78, 5) is 11.0. The highest BCUT2D eigenvalue weighted by Gasteiger charge is 2.08. The first-order chi connectivity index (χ1) is 7.56. The third-order valence-corrected chi connectivity index (χ3v) is 2.59. The van der Waals surface area contributed by atoms with Crippen LogP contribution in [0.2, 0.25) is 0 Å². The van der Waals surface area contributed by atoms with Gasteiger partial charge in [-0.25, -0.2) is 9.18 Å². The van der Waals surface area contributed by atoms with E-state index in [1.165, 1.54) is 12.1 Å². The lowest BCUT2D eigenvalue weighted by atomic mass is 10.2. The molecule has 0 radical (unpaired) electrons. The van der Waals surface area contributed by atoms with Crippen LogP contribution in [-0.4, -0.2) is 17.7 Å². The number of hydrogen-bond donors (Lipinski definition) is 1. The maximum atomic E-state index is 13.1. The van der Waals surface area contributed by atoms with Crippen LogP contribution in [0.5, 0.6) is 5.75 Å². The van der Waals surface area contributed by atoms with Gasteiger partial charge in [0.1, 0.15) is 11.6 Å². The Morgan fingerprint density at radius 3 is 2.94 bits per heavy atom. The third-order valence-electron chi connectivity index (χ3n) is 1.78. The maximum Gasteiger partial charge on any atom is 0.330 e. The lowest BCUT2D eigenvalue weighted by Crippen LogP contribution is -1.98. The molecule has 0 spiro atoms. The van der Waals surface area contributed by atoms with E-state index >= 15 is 0 Å². The van der Waals surface area contributed by atoms with Crippen LogP contribution in [0.25, 0.3) is 6.08 Å². The fraction of sp³-hybridized carbons (Fsp3) is 0.182. The van der Waals surface area contributed by atoms with Crippen LogP contribution >= 0.6 is 15.9 Å². The predicted octanol–water partition coefficient (Wildman–Crippen LogP) is 2.87. The number of carbonyl (C=O) groups is 1. The highest BCUT2D eigenvalue weighted by Crippen LogP contribution is 2.29. The fourth-order valence-electron chi connectivity index (χ4n) is 1.06. The van der Waals surface area contributed by atoms with Crippen LogP contribution < -0.4 is 0 Å². The molecule has 86 valence electrons. The minimum atomic E-state index is -0.543. The molecule has 1 aromatic carbocycles. The second kappa shape index (κ2) is 5.65. The molecule has 0 amide bonds. The summed E-state index contributed by atoms with van der Waals surface area (Å²) >= 11 is 2.98. The van der Waals surface area contributed by atoms with Crippen LogP contribution in [0.15, 0.2) is 22.7 Å². The highest BCUT2D eigenvalue weighted by molar-refractivity contribution is 9.10. The molecule has 1 rings (SSSR count). The van der Waals surface area contributed by atoms with Gasteiger partial charge in [0, 0.05) is 11.6 Å². The maximum absolute atomic E-state index is 13.1. The Balaban J connectivity index is 2.97. The highest BCUT2D eigenvalue weighted by atomic mass is 79.9. The molecule has 0 aliphatic carbocycles. The van der Waals surface area contributed by atoms with Crippen LogP contribution in [0, 0.1) is 5.82 Å². The van der Waals surface area contributed by atoms with Gasteiger partial charge in [-0.15, -0.1) is 0 Å². The van der Waals surface area contributed by atoms with Gasteiger partial charge in [-0.1, -0.05) is 0 Å². The first-order valence-corrected chi connectivity index (χ1v) is 5.37. The van der Waals surface area contributed by atoms with E-state index in [1.54, 1.807) is 6.92 Å². The number of carbonyl (C=O) groups excluding carboxylic acids is 1. The van der Waals surface area contributed by atoms with E-state index in [0.717, 1.165) is 12.1 Å². The van der Waals surface area contributed by atoms with Crippen LogP contribution in [-0.2, 0) is 9.53 Å². The predicted molar refractivity (Wildman–Crippen MR) is 61.4 cm³/mol. The first kappa shape index (κ1) is 12.7. The number of phenols is 1. The Kier molecular flexibility index (Phi) is 4.49. The molecule has 0 saturated carbocycles. The molecule has 1 N–H and O–H groups in total. The Labute approximate surface area is 101 Å². The standard InChI is InChI=1S/C11H10BrFO3/c1-2-16-10(15)6-3-7-9(14)5-4-8(13)11(7)12/h3-6,14H,2H2,1H3/b6-3+. The topological polar surface area (TPSA) is 46.5 Å². The van der Waals surface area contributed by atoms with E-state index in [-0.39, 0.29) is 22.4 Å². The van der Waals surface area contributed by atoms with Gasteiger partial charge in [0.25, 0.3) is 0 Å². The summed E-state index contributed by atoms with van der Waals surface area (Å²) in [6, 6.07) is 2.34. The molecule has 0 aliphatic heterocycles. The zero-order valence-electron chi connectivity index (χ0n) is 8.54. The number of benzene rings is 1. The minimum Gasteiger partial charge on any atom is -0.507 e. The molecule has 0 heterocycles. The summed E-state index contributed by atoms with van der Waals surface area (Å²) in [5.74, 6) is -1.17. The average Bonchev–Trinajstić information content (AvgIpc) is 2.24. The van der Waals surface area contributed by atoms with Crippen molar-refractivity contribution in [2.24, 2.45) is 0 Å². The van der Waals surface area contributed by atoms with Gasteiger partial charge in [0.15, 0.2) is 0 Å². The Hall–Kier alpha value is -1.36. The number of esters is 1. The Morgan fingerprint density at radius 1 is 1.62 bits per heavy atom. The van der Waals surface area contributed by atoms with Crippen LogP contribution in [0.3, 0.4) is 0 Å². The van der Waals surface area contributed by atoms with Crippen molar-refractivity contribution in [3.63, 3.8) is 0 Å². The second-order valence-electron chi connectivity index (χ2n) is 2.88. The monoisotopic (exact) mass is 288 g/mol. The summed E-state index contributed by atoms with van der Waals surface area (Å²) < 4.78 is 17.9. The number of phenolic OH excluding ortho intramolecular Hbond substituents is 1. The quantitative estimate of drug-likeness (QED) is 0.687. The van der Waals surface area contributed by atoms with Crippen molar-refractivity contribution in [2.75, 3.05) is 6.61 Å². The molecule has 0 atom stereocenters. The first-order valence-electron chi connectivity index (χ1n) is 4.58. The Bertz CT molecular complexity index is 429. The molecule has 0 unspecified atom stereocenters. The SMILES string of the molecule is CCOC(=O)/C=C/c1c(O)ccc(F)c1Br. The van der Waals surface area contributed by atoms with Crippen molar-refractivity contribution in [1.82, 2.24) is 0 Å². The number of rotatable bonds is 3. The molecular formula is C11H10BrFO3. The lowest BCUT2D eigenvalue weighted by molar-refractivity contribution is -0.137. The summed E-state index contributed by atoms with van der Waals surface area (Å²) in [6.45, 7) is 1.95. The van der Waals surface area contributed by atoms with Gasteiger partial charge < -0.3 is 9.84 Å². The number of ether oxygens (including phenoxy) is 1. The average molecular weight is 289 g/mol. The van der Waals surface area contributed by atoms with Gasteiger partial charge in [-0.3, -0.25) is 0 Å². The van der Waals surface area contributed by atoms with Crippen molar-refractivity contribution in [1.29, 1.82) is 0 Å². The molecule has 0 bridgehead atoms. The number of halogens is 2. The molecule has 3 nitrogen and oxygen atoms in total. The minimum absolute atomic E-state index is 0.105. The van der Waals surface area contributed by atoms with Gasteiger partial charge >= 0.3 is 5.97 Å². The molecule has 1 aromatic rings. The van der Waals surface area contributed by atoms with E-state index < -0.39 is 11.8 Å². The molecule has 16 heavy (non-hydrogen) atoms. The van der Waals surface area contributed by atoms with Crippen molar-refractivity contribution in [2.45, 2.75) is 6.92 Å². The molecule has 5 heteroatoms. The van der Waals surface area contributed by atoms with E-state index in [2.05, 4.69) is 20.7 Å². The molecule has 0 saturated heterocycles. The number of hydrogen-bond acceptors (Lipinski definition) is 3. The lowest BCUT2D eigenvalue weighted by Gasteiger charge is -2.03.